The van der Waals surface area contributed by atoms with Crippen LogP contribution < -0.4 is 0 Å². The van der Waals surface area contributed by atoms with Gasteiger partial charge in [-0.25, -0.2) is 0 Å². The smallest absolute Gasteiger partial charge is 0.0700 e. The molecule has 0 atom stereocenters. The van der Waals surface area contributed by atoms with Crippen LogP contribution in [0.15, 0.2) is 73.1 Å². The number of aryl methyl sites for hydroxylation is 1. The van der Waals surface area contributed by atoms with Crippen molar-refractivity contribution in [2.24, 2.45) is 0 Å². The van der Waals surface area contributed by atoms with Gasteiger partial charge in [-0.3, -0.25) is 9.67 Å². The fraction of sp³-hybridized carbons (Fsp3) is 0.259. The zero-order valence-electron chi connectivity index (χ0n) is 17.5. The lowest BCUT2D eigenvalue weighted by molar-refractivity contribution is 0.478. The van der Waals surface area contributed by atoms with Gasteiger partial charge in [0.1, 0.15) is 0 Å². The molecule has 0 amide bonds. The molecular weight excluding hydrogens is 366 g/mol. The third-order valence-electron chi connectivity index (χ3n) is 6.20. The molecule has 150 valence electrons. The van der Waals surface area contributed by atoms with E-state index < -0.39 is 0 Å². The number of rotatable bonds is 5. The lowest BCUT2D eigenvalue weighted by atomic mass is 9.95. The van der Waals surface area contributed by atoms with Crippen molar-refractivity contribution >= 4 is 22.6 Å². The van der Waals surface area contributed by atoms with Gasteiger partial charge in [0.2, 0.25) is 0 Å². The van der Waals surface area contributed by atoms with E-state index in [-0.39, 0.29) is 0 Å². The number of pyridine rings is 1. The third kappa shape index (κ3) is 3.56. The minimum atomic E-state index is 0.535. The monoisotopic (exact) mass is 393 g/mol. The van der Waals surface area contributed by atoms with Gasteiger partial charge in [0.05, 0.1) is 17.3 Å². The molecule has 0 spiro atoms. The summed E-state index contributed by atoms with van der Waals surface area (Å²) in [7, 11) is 0. The highest BCUT2D eigenvalue weighted by Crippen LogP contribution is 2.35. The van der Waals surface area contributed by atoms with Crippen LogP contribution >= 0.6 is 0 Å². The van der Waals surface area contributed by atoms with Crippen LogP contribution in [0.3, 0.4) is 0 Å². The summed E-state index contributed by atoms with van der Waals surface area (Å²) < 4.78 is 2.32. The summed E-state index contributed by atoms with van der Waals surface area (Å²) in [4.78, 5) is 4.17. The zero-order chi connectivity index (χ0) is 20.3. The Hall–Kier alpha value is -3.20. The van der Waals surface area contributed by atoms with E-state index in [1.807, 2.05) is 12.4 Å². The summed E-state index contributed by atoms with van der Waals surface area (Å²) in [6.45, 7) is 2.20. The average molecular weight is 394 g/mol. The molecule has 3 nitrogen and oxygen atoms in total. The summed E-state index contributed by atoms with van der Waals surface area (Å²) in [5.41, 5.74) is 7.31. The van der Waals surface area contributed by atoms with E-state index >= 15 is 0 Å². The lowest BCUT2D eigenvalue weighted by Crippen LogP contribution is -2.06. The van der Waals surface area contributed by atoms with Crippen LogP contribution in [0.4, 0.5) is 0 Å². The molecule has 1 aliphatic carbocycles. The molecule has 30 heavy (non-hydrogen) atoms. The average Bonchev–Trinajstić information content (AvgIpc) is 3.46. The second-order valence-corrected chi connectivity index (χ2v) is 8.12. The Morgan fingerprint density at radius 3 is 2.47 bits per heavy atom. The lowest BCUT2D eigenvalue weighted by Gasteiger charge is -2.13. The van der Waals surface area contributed by atoms with E-state index in [1.54, 1.807) is 0 Å². The molecule has 2 aromatic heterocycles. The fourth-order valence-corrected chi connectivity index (χ4v) is 4.64. The molecule has 2 heterocycles. The number of aromatic nitrogens is 3. The predicted molar refractivity (Wildman–Crippen MR) is 124 cm³/mol. The molecule has 0 unspecified atom stereocenters. The Bertz CT molecular complexity index is 1170. The van der Waals surface area contributed by atoms with E-state index in [1.165, 1.54) is 59.0 Å². The second-order valence-electron chi connectivity index (χ2n) is 8.12. The van der Waals surface area contributed by atoms with Gasteiger partial charge in [-0.15, -0.1) is 0 Å². The second kappa shape index (κ2) is 8.27. The van der Waals surface area contributed by atoms with E-state index in [2.05, 4.69) is 83.3 Å². The standard InChI is InChI=1S/C27H27N3/c1-2-26-24-13-12-22(19-27(24)30(29-26)23-10-6-7-11-23)25(21-8-4-3-5-9-21)18-20-14-16-28-17-15-20/h3-5,8-9,12-19,23H,2,6-7,10-11H2,1H3/b25-18+. The minimum Gasteiger partial charge on any atom is -0.265 e. The van der Waals surface area contributed by atoms with Crippen molar-refractivity contribution in [2.75, 3.05) is 0 Å². The van der Waals surface area contributed by atoms with Crippen LogP contribution in [0.1, 0.15) is 61.0 Å². The summed E-state index contributed by atoms with van der Waals surface area (Å²) in [5.74, 6) is 0. The van der Waals surface area contributed by atoms with Gasteiger partial charge in [0.15, 0.2) is 0 Å². The maximum Gasteiger partial charge on any atom is 0.0700 e. The quantitative estimate of drug-likeness (QED) is 0.378. The first kappa shape index (κ1) is 18.8. The first-order valence-corrected chi connectivity index (χ1v) is 11.0. The maximum absolute atomic E-state index is 5.04. The van der Waals surface area contributed by atoms with Crippen molar-refractivity contribution in [1.29, 1.82) is 0 Å². The van der Waals surface area contributed by atoms with E-state index in [9.17, 15) is 0 Å². The van der Waals surface area contributed by atoms with Crippen molar-refractivity contribution in [3.05, 3.63) is 95.4 Å². The predicted octanol–water partition coefficient (Wildman–Crippen LogP) is 6.70. The van der Waals surface area contributed by atoms with Crippen molar-refractivity contribution < 1.29 is 0 Å². The summed E-state index contributed by atoms with van der Waals surface area (Å²) in [6, 6.07) is 22.2. The Morgan fingerprint density at radius 1 is 0.967 bits per heavy atom. The molecule has 2 aromatic carbocycles. The fourth-order valence-electron chi connectivity index (χ4n) is 4.64. The zero-order valence-corrected chi connectivity index (χ0v) is 17.5. The van der Waals surface area contributed by atoms with Gasteiger partial charge in [0.25, 0.3) is 0 Å². The summed E-state index contributed by atoms with van der Waals surface area (Å²) in [6.07, 6.45) is 12.0. The molecule has 0 radical (unpaired) electrons. The molecule has 0 saturated heterocycles. The number of nitrogens with zero attached hydrogens (tertiary/aromatic N) is 3. The van der Waals surface area contributed by atoms with Crippen LogP contribution in [0, 0.1) is 0 Å². The molecule has 0 aliphatic heterocycles. The molecule has 4 aromatic rings. The number of benzene rings is 2. The van der Waals surface area contributed by atoms with E-state index in [4.69, 9.17) is 5.10 Å². The Kier molecular flexibility index (Phi) is 5.18. The van der Waals surface area contributed by atoms with Gasteiger partial charge in [-0.2, -0.15) is 5.10 Å². The first-order chi connectivity index (χ1) is 14.8. The molecule has 3 heteroatoms. The maximum atomic E-state index is 5.04. The van der Waals surface area contributed by atoms with Crippen LogP contribution in [-0.2, 0) is 6.42 Å². The minimum absolute atomic E-state index is 0.535. The van der Waals surface area contributed by atoms with Crippen molar-refractivity contribution in [1.82, 2.24) is 14.8 Å². The van der Waals surface area contributed by atoms with Crippen LogP contribution in [-0.4, -0.2) is 14.8 Å². The Labute approximate surface area is 178 Å². The van der Waals surface area contributed by atoms with E-state index in [0.717, 1.165) is 12.0 Å². The Balaban J connectivity index is 1.68. The third-order valence-corrected chi connectivity index (χ3v) is 6.20. The van der Waals surface area contributed by atoms with Crippen molar-refractivity contribution in [3.63, 3.8) is 0 Å². The largest absolute Gasteiger partial charge is 0.265 e. The van der Waals surface area contributed by atoms with Crippen LogP contribution in [0.25, 0.3) is 22.6 Å². The van der Waals surface area contributed by atoms with Gasteiger partial charge in [-0.05, 0) is 65.8 Å². The topological polar surface area (TPSA) is 30.7 Å². The molecule has 1 fully saturated rings. The van der Waals surface area contributed by atoms with Gasteiger partial charge < -0.3 is 0 Å². The van der Waals surface area contributed by atoms with Gasteiger partial charge in [-0.1, -0.05) is 62.2 Å². The number of hydrogen-bond donors (Lipinski definition) is 0. The highest BCUT2D eigenvalue weighted by atomic mass is 15.3. The van der Waals surface area contributed by atoms with Crippen molar-refractivity contribution in [2.45, 2.75) is 45.1 Å². The molecule has 1 saturated carbocycles. The van der Waals surface area contributed by atoms with Crippen molar-refractivity contribution in [3.8, 4) is 0 Å². The SMILES string of the molecule is CCc1nn(C2CCCC2)c2cc(/C(=C/c3ccncc3)c3ccccc3)ccc12. The highest BCUT2D eigenvalue weighted by Gasteiger charge is 2.21. The molecule has 5 rings (SSSR count). The number of fused-ring (bicyclic) bond motifs is 1. The normalized spacial score (nSPS) is 15.2. The Morgan fingerprint density at radius 2 is 1.73 bits per heavy atom. The summed E-state index contributed by atoms with van der Waals surface area (Å²) >= 11 is 0. The highest BCUT2D eigenvalue weighted by molar-refractivity contribution is 5.95. The molecule has 1 aliphatic rings. The molecular formula is C27H27N3. The van der Waals surface area contributed by atoms with Gasteiger partial charge >= 0.3 is 0 Å². The first-order valence-electron chi connectivity index (χ1n) is 11.0. The van der Waals surface area contributed by atoms with Crippen LogP contribution in [0.5, 0.6) is 0 Å². The van der Waals surface area contributed by atoms with Gasteiger partial charge in [0, 0.05) is 17.8 Å². The molecule has 0 N–H and O–H groups in total. The summed E-state index contributed by atoms with van der Waals surface area (Å²) in [5, 5.41) is 6.33. The number of hydrogen-bond acceptors (Lipinski definition) is 2. The van der Waals surface area contributed by atoms with E-state index in [0.29, 0.717) is 6.04 Å². The van der Waals surface area contributed by atoms with Crippen LogP contribution in [0.2, 0.25) is 0 Å². The molecule has 0 bridgehead atoms.